The van der Waals surface area contributed by atoms with Crippen LogP contribution in [0, 0.1) is 5.41 Å². The van der Waals surface area contributed by atoms with E-state index in [4.69, 9.17) is 4.74 Å². The Balaban J connectivity index is 1.70. The summed E-state index contributed by atoms with van der Waals surface area (Å²) in [7, 11) is 0. The maximum Gasteiger partial charge on any atom is 0.407 e. The van der Waals surface area contributed by atoms with Crippen molar-refractivity contribution in [2.24, 2.45) is 5.41 Å². The van der Waals surface area contributed by atoms with Crippen LogP contribution in [0.3, 0.4) is 0 Å². The molecule has 0 aromatic heterocycles. The zero-order valence-corrected chi connectivity index (χ0v) is 19.9. The van der Waals surface area contributed by atoms with Crippen LogP contribution in [0.5, 0.6) is 0 Å². The highest BCUT2D eigenvalue weighted by Gasteiger charge is 2.33. The van der Waals surface area contributed by atoms with E-state index in [2.05, 4.69) is 10.6 Å². The molecule has 2 aromatic rings. The Kier molecular flexibility index (Phi) is 7.61. The molecule has 8 nitrogen and oxygen atoms in total. The largest absolute Gasteiger partial charge is 0.480 e. The zero-order valence-electron chi connectivity index (χ0n) is 19.9. The molecule has 4 N–H and O–H groups in total. The molecule has 1 aliphatic rings. The maximum absolute atomic E-state index is 12.8. The highest BCUT2D eigenvalue weighted by atomic mass is 16.5. The SMILES string of the molecule is C[C@@H](O)[C@H](NC(=O)C(CC(C)(C)C)NC(=O)OCC1c2ccccc2-c2ccccc21)C(=O)O. The molecule has 1 unspecified atom stereocenters. The molecule has 8 heteroatoms. The van der Waals surface area contributed by atoms with Gasteiger partial charge < -0.3 is 25.6 Å². The first-order valence-corrected chi connectivity index (χ1v) is 11.3. The molecule has 0 saturated heterocycles. The number of fused-ring (bicyclic) bond motifs is 3. The summed E-state index contributed by atoms with van der Waals surface area (Å²) in [6, 6.07) is 13.4. The van der Waals surface area contributed by atoms with Gasteiger partial charge in [-0.05, 0) is 41.0 Å². The van der Waals surface area contributed by atoms with Crippen molar-refractivity contribution in [3.63, 3.8) is 0 Å². The van der Waals surface area contributed by atoms with Crippen molar-refractivity contribution in [1.82, 2.24) is 10.6 Å². The molecule has 0 aliphatic heterocycles. The van der Waals surface area contributed by atoms with Crippen LogP contribution < -0.4 is 10.6 Å². The van der Waals surface area contributed by atoms with Crippen LogP contribution in [0.25, 0.3) is 11.1 Å². The van der Waals surface area contributed by atoms with Crippen LogP contribution in [0.1, 0.15) is 51.2 Å². The van der Waals surface area contributed by atoms with Crippen molar-refractivity contribution in [3.05, 3.63) is 59.7 Å². The summed E-state index contributed by atoms with van der Waals surface area (Å²) in [5, 5.41) is 23.8. The van der Waals surface area contributed by atoms with Gasteiger partial charge in [-0.3, -0.25) is 4.79 Å². The molecule has 0 spiro atoms. The summed E-state index contributed by atoms with van der Waals surface area (Å²) in [5.41, 5.74) is 4.01. The van der Waals surface area contributed by atoms with Gasteiger partial charge in [0.05, 0.1) is 6.10 Å². The molecule has 0 fully saturated rings. The summed E-state index contributed by atoms with van der Waals surface area (Å²) in [6.07, 6.45) is -1.82. The first-order valence-electron chi connectivity index (χ1n) is 11.3. The number of carboxylic acid groups (broad SMARTS) is 1. The van der Waals surface area contributed by atoms with E-state index in [1.807, 2.05) is 69.3 Å². The lowest BCUT2D eigenvalue weighted by atomic mass is 9.87. The lowest BCUT2D eigenvalue weighted by Crippen LogP contribution is -2.55. The minimum absolute atomic E-state index is 0.0924. The number of hydrogen-bond acceptors (Lipinski definition) is 5. The van der Waals surface area contributed by atoms with Crippen LogP contribution in [-0.4, -0.2) is 53.0 Å². The van der Waals surface area contributed by atoms with E-state index in [-0.39, 0.29) is 24.4 Å². The van der Waals surface area contributed by atoms with E-state index in [1.165, 1.54) is 6.92 Å². The number of aliphatic hydroxyl groups is 1. The van der Waals surface area contributed by atoms with E-state index in [9.17, 15) is 24.6 Å². The lowest BCUT2D eigenvalue weighted by Gasteiger charge is -2.27. The number of aliphatic hydroxyl groups excluding tert-OH is 1. The number of carbonyl (C=O) groups excluding carboxylic acids is 2. The smallest absolute Gasteiger partial charge is 0.407 e. The standard InChI is InChI=1S/C26H32N2O6/c1-15(29)22(24(31)32)28-23(30)21(13-26(2,3)4)27-25(33)34-14-20-18-11-7-5-9-16(18)17-10-6-8-12-19(17)20/h5-12,15,20-22,29H,13-14H2,1-4H3,(H,27,33)(H,28,30)(H,31,32)/t15-,21?,22+/m1/s1. The van der Waals surface area contributed by atoms with Crippen LogP contribution in [-0.2, 0) is 14.3 Å². The summed E-state index contributed by atoms with van der Waals surface area (Å²) in [6.45, 7) is 7.06. The van der Waals surface area contributed by atoms with Crippen molar-refractivity contribution in [3.8, 4) is 11.1 Å². The highest BCUT2D eigenvalue weighted by Crippen LogP contribution is 2.44. The number of alkyl carbamates (subject to hydrolysis) is 1. The molecule has 1 aliphatic carbocycles. The van der Waals surface area contributed by atoms with Crippen LogP contribution in [0.15, 0.2) is 48.5 Å². The zero-order chi connectivity index (χ0) is 25.0. The quantitative estimate of drug-likeness (QED) is 0.471. The van der Waals surface area contributed by atoms with Gasteiger partial charge in [-0.25, -0.2) is 9.59 Å². The fraction of sp³-hybridized carbons (Fsp3) is 0.423. The number of hydrogen-bond donors (Lipinski definition) is 4. The van der Waals surface area contributed by atoms with Gasteiger partial charge in [0.25, 0.3) is 0 Å². The number of benzene rings is 2. The third-order valence-electron chi connectivity index (χ3n) is 5.81. The topological polar surface area (TPSA) is 125 Å². The van der Waals surface area contributed by atoms with Crippen molar-refractivity contribution in [2.45, 2.75) is 58.2 Å². The van der Waals surface area contributed by atoms with Crippen LogP contribution >= 0.6 is 0 Å². The van der Waals surface area contributed by atoms with Gasteiger partial charge >= 0.3 is 12.1 Å². The molecule has 182 valence electrons. The van der Waals surface area contributed by atoms with Crippen molar-refractivity contribution in [2.75, 3.05) is 6.61 Å². The second-order valence-corrected chi connectivity index (χ2v) is 9.85. The van der Waals surface area contributed by atoms with Crippen molar-refractivity contribution in [1.29, 1.82) is 0 Å². The van der Waals surface area contributed by atoms with Gasteiger partial charge in [-0.15, -0.1) is 0 Å². The molecule has 0 saturated carbocycles. The molecule has 2 amide bonds. The molecule has 34 heavy (non-hydrogen) atoms. The molecule has 0 heterocycles. The number of aliphatic carboxylic acids is 1. The van der Waals surface area contributed by atoms with Gasteiger partial charge in [0, 0.05) is 5.92 Å². The first-order chi connectivity index (χ1) is 16.0. The fourth-order valence-corrected chi connectivity index (χ4v) is 4.25. The second-order valence-electron chi connectivity index (χ2n) is 9.85. The Morgan fingerprint density at radius 1 is 0.971 bits per heavy atom. The Morgan fingerprint density at radius 2 is 1.50 bits per heavy atom. The average molecular weight is 469 g/mol. The van der Waals surface area contributed by atoms with Gasteiger partial charge in [-0.2, -0.15) is 0 Å². The summed E-state index contributed by atoms with van der Waals surface area (Å²) < 4.78 is 5.54. The highest BCUT2D eigenvalue weighted by molar-refractivity contribution is 5.89. The number of carboxylic acids is 1. The molecule has 2 aromatic carbocycles. The summed E-state index contributed by atoms with van der Waals surface area (Å²) in [4.78, 5) is 36.9. The van der Waals surface area contributed by atoms with Gasteiger partial charge in [0.15, 0.2) is 6.04 Å². The van der Waals surface area contributed by atoms with E-state index in [1.54, 1.807) is 0 Å². The molecule has 3 atom stereocenters. The van der Waals surface area contributed by atoms with Crippen molar-refractivity contribution < 1.29 is 29.3 Å². The summed E-state index contributed by atoms with van der Waals surface area (Å²) >= 11 is 0. The van der Waals surface area contributed by atoms with Gasteiger partial charge in [-0.1, -0.05) is 69.3 Å². The Bertz CT molecular complexity index is 1010. The third kappa shape index (κ3) is 5.94. The third-order valence-corrected chi connectivity index (χ3v) is 5.81. The fourth-order valence-electron chi connectivity index (χ4n) is 4.25. The number of nitrogens with one attached hydrogen (secondary N) is 2. The minimum Gasteiger partial charge on any atom is -0.480 e. The predicted octanol–water partition coefficient (Wildman–Crippen LogP) is 3.28. The van der Waals surface area contributed by atoms with Crippen LogP contribution in [0.4, 0.5) is 4.79 Å². The van der Waals surface area contributed by atoms with E-state index >= 15 is 0 Å². The monoisotopic (exact) mass is 468 g/mol. The number of ether oxygens (including phenoxy) is 1. The van der Waals surface area contributed by atoms with Crippen molar-refractivity contribution >= 4 is 18.0 Å². The summed E-state index contributed by atoms with van der Waals surface area (Å²) in [5.74, 6) is -2.18. The second kappa shape index (κ2) is 10.3. The van der Waals surface area contributed by atoms with Gasteiger partial charge in [0.1, 0.15) is 12.6 Å². The molecule has 0 radical (unpaired) electrons. The molecular weight excluding hydrogens is 436 g/mol. The Hall–Kier alpha value is -3.39. The Labute approximate surface area is 199 Å². The average Bonchev–Trinajstić information content (AvgIpc) is 3.08. The molecule has 3 rings (SSSR count). The lowest BCUT2D eigenvalue weighted by molar-refractivity contribution is -0.145. The molecule has 0 bridgehead atoms. The van der Waals surface area contributed by atoms with Gasteiger partial charge in [0.2, 0.25) is 5.91 Å². The Morgan fingerprint density at radius 3 is 1.97 bits per heavy atom. The van der Waals surface area contributed by atoms with E-state index in [0.29, 0.717) is 0 Å². The molecular formula is C26H32N2O6. The van der Waals surface area contributed by atoms with E-state index < -0.39 is 36.2 Å². The predicted molar refractivity (Wildman–Crippen MR) is 127 cm³/mol. The first kappa shape index (κ1) is 25.2. The van der Waals surface area contributed by atoms with Crippen LogP contribution in [0.2, 0.25) is 0 Å². The minimum atomic E-state index is -1.49. The normalized spacial score (nSPS) is 15.4. The maximum atomic E-state index is 12.8. The number of rotatable bonds is 8. The van der Waals surface area contributed by atoms with E-state index in [0.717, 1.165) is 22.3 Å². The number of carbonyl (C=O) groups is 3. The number of amides is 2.